The van der Waals surface area contributed by atoms with Gasteiger partial charge in [0.1, 0.15) is 6.33 Å². The number of aromatic nitrogens is 2. The number of hydrogen-bond donors (Lipinski definition) is 1. The van der Waals surface area contributed by atoms with Crippen molar-refractivity contribution >= 4 is 29.1 Å². The fourth-order valence-corrected chi connectivity index (χ4v) is 2.47. The SMILES string of the molecule is Nc1ncnc(N2CCSCC2)c1[N+](=O)[O-]. The number of nitrogens with two attached hydrogens (primary N) is 1. The molecule has 1 aromatic rings. The molecule has 1 aliphatic rings. The van der Waals surface area contributed by atoms with Crippen LogP contribution in [-0.4, -0.2) is 39.5 Å². The summed E-state index contributed by atoms with van der Waals surface area (Å²) in [4.78, 5) is 19.9. The fraction of sp³-hybridized carbons (Fsp3) is 0.500. The average molecular weight is 241 g/mol. The van der Waals surface area contributed by atoms with Crippen molar-refractivity contribution in [3.8, 4) is 0 Å². The van der Waals surface area contributed by atoms with Crippen LogP contribution in [0.1, 0.15) is 0 Å². The van der Waals surface area contributed by atoms with Crippen LogP contribution in [-0.2, 0) is 0 Å². The average Bonchev–Trinajstić information content (AvgIpc) is 2.29. The minimum absolute atomic E-state index is 0.0757. The second-order valence-electron chi connectivity index (χ2n) is 3.29. The van der Waals surface area contributed by atoms with Crippen molar-refractivity contribution < 1.29 is 4.92 Å². The van der Waals surface area contributed by atoms with Crippen molar-refractivity contribution in [1.29, 1.82) is 0 Å². The number of nitro groups is 1. The molecule has 0 bridgehead atoms. The van der Waals surface area contributed by atoms with Gasteiger partial charge in [-0.2, -0.15) is 11.8 Å². The largest absolute Gasteiger partial charge is 0.378 e. The lowest BCUT2D eigenvalue weighted by Gasteiger charge is -2.26. The van der Waals surface area contributed by atoms with Crippen molar-refractivity contribution in [3.63, 3.8) is 0 Å². The highest BCUT2D eigenvalue weighted by molar-refractivity contribution is 7.99. The maximum absolute atomic E-state index is 10.9. The quantitative estimate of drug-likeness (QED) is 0.595. The molecule has 0 saturated carbocycles. The summed E-state index contributed by atoms with van der Waals surface area (Å²) in [5.74, 6) is 2.15. The van der Waals surface area contributed by atoms with Crippen molar-refractivity contribution in [2.45, 2.75) is 0 Å². The predicted molar refractivity (Wildman–Crippen MR) is 62.6 cm³/mol. The molecule has 16 heavy (non-hydrogen) atoms. The Morgan fingerprint density at radius 2 is 2.12 bits per heavy atom. The topological polar surface area (TPSA) is 98.2 Å². The normalized spacial score (nSPS) is 16.1. The Kier molecular flexibility index (Phi) is 3.09. The van der Waals surface area contributed by atoms with Gasteiger partial charge in [0, 0.05) is 24.6 Å². The third-order valence-electron chi connectivity index (χ3n) is 2.32. The summed E-state index contributed by atoms with van der Waals surface area (Å²) in [6.07, 6.45) is 1.26. The zero-order valence-electron chi connectivity index (χ0n) is 8.50. The van der Waals surface area contributed by atoms with Crippen LogP contribution >= 0.6 is 11.8 Å². The first-order valence-corrected chi connectivity index (χ1v) is 5.93. The molecule has 0 aliphatic carbocycles. The molecule has 2 N–H and O–H groups in total. The standard InChI is InChI=1S/C8H11N5O2S/c9-7-6(13(14)15)8(11-5-10-7)12-1-3-16-4-2-12/h5H,1-4H2,(H2,9,10,11). The van der Waals surface area contributed by atoms with E-state index in [0.29, 0.717) is 5.82 Å². The summed E-state index contributed by atoms with van der Waals surface area (Å²) in [6, 6.07) is 0. The molecule has 0 atom stereocenters. The third kappa shape index (κ3) is 2.01. The van der Waals surface area contributed by atoms with Crippen LogP contribution in [0.25, 0.3) is 0 Å². The Labute approximate surface area is 96.2 Å². The lowest BCUT2D eigenvalue weighted by molar-refractivity contribution is -0.383. The molecule has 0 unspecified atom stereocenters. The van der Waals surface area contributed by atoms with E-state index < -0.39 is 4.92 Å². The maximum atomic E-state index is 10.9. The first-order chi connectivity index (χ1) is 7.70. The molecule has 1 aliphatic heterocycles. The molecule has 2 rings (SSSR count). The van der Waals surface area contributed by atoms with Crippen LogP contribution < -0.4 is 10.6 Å². The Morgan fingerprint density at radius 3 is 2.75 bits per heavy atom. The van der Waals surface area contributed by atoms with Crippen molar-refractivity contribution in [2.75, 3.05) is 35.2 Å². The van der Waals surface area contributed by atoms with Gasteiger partial charge in [-0.05, 0) is 0 Å². The Bertz CT molecular complexity index is 407. The summed E-state index contributed by atoms with van der Waals surface area (Å²) >= 11 is 1.83. The summed E-state index contributed by atoms with van der Waals surface area (Å²) < 4.78 is 0. The van der Waals surface area contributed by atoms with E-state index in [1.165, 1.54) is 6.33 Å². The van der Waals surface area contributed by atoms with Gasteiger partial charge in [0.15, 0.2) is 0 Å². The number of rotatable bonds is 2. The first kappa shape index (κ1) is 10.9. The van der Waals surface area contributed by atoms with Gasteiger partial charge in [-0.1, -0.05) is 0 Å². The highest BCUT2D eigenvalue weighted by Gasteiger charge is 2.26. The van der Waals surface area contributed by atoms with Crippen LogP contribution in [0, 0.1) is 10.1 Å². The molecule has 86 valence electrons. The molecule has 0 amide bonds. The Balaban J connectivity index is 2.38. The molecule has 2 heterocycles. The Morgan fingerprint density at radius 1 is 1.44 bits per heavy atom. The lowest BCUT2D eigenvalue weighted by atomic mass is 10.4. The number of anilines is 2. The monoisotopic (exact) mass is 241 g/mol. The third-order valence-corrected chi connectivity index (χ3v) is 3.27. The van der Waals surface area contributed by atoms with Gasteiger partial charge in [0.2, 0.25) is 11.6 Å². The minimum Gasteiger partial charge on any atom is -0.378 e. The van der Waals surface area contributed by atoms with Crippen LogP contribution in [0.4, 0.5) is 17.3 Å². The maximum Gasteiger partial charge on any atom is 0.353 e. The molecule has 8 heteroatoms. The first-order valence-electron chi connectivity index (χ1n) is 4.77. The number of nitrogens with zero attached hydrogens (tertiary/aromatic N) is 4. The number of thioether (sulfide) groups is 1. The van der Waals surface area contributed by atoms with E-state index in [4.69, 9.17) is 5.73 Å². The van der Waals surface area contributed by atoms with Crippen molar-refractivity contribution in [2.24, 2.45) is 0 Å². The molecule has 0 radical (unpaired) electrons. The van der Waals surface area contributed by atoms with Gasteiger partial charge in [-0.25, -0.2) is 9.97 Å². The van der Waals surface area contributed by atoms with E-state index in [1.807, 2.05) is 16.7 Å². The van der Waals surface area contributed by atoms with E-state index in [-0.39, 0.29) is 11.5 Å². The van der Waals surface area contributed by atoms with E-state index in [2.05, 4.69) is 9.97 Å². The number of hydrogen-bond acceptors (Lipinski definition) is 7. The molecule has 1 fully saturated rings. The van der Waals surface area contributed by atoms with Gasteiger partial charge in [0.25, 0.3) is 0 Å². The van der Waals surface area contributed by atoms with Crippen molar-refractivity contribution in [1.82, 2.24) is 9.97 Å². The van der Waals surface area contributed by atoms with Gasteiger partial charge < -0.3 is 10.6 Å². The molecular weight excluding hydrogens is 230 g/mol. The van der Waals surface area contributed by atoms with Gasteiger partial charge >= 0.3 is 5.69 Å². The summed E-state index contributed by atoms with van der Waals surface area (Å²) in [6.45, 7) is 1.50. The smallest absolute Gasteiger partial charge is 0.353 e. The van der Waals surface area contributed by atoms with E-state index in [9.17, 15) is 10.1 Å². The van der Waals surface area contributed by atoms with Crippen LogP contribution in [0.2, 0.25) is 0 Å². The molecule has 0 spiro atoms. The van der Waals surface area contributed by atoms with E-state index >= 15 is 0 Å². The number of nitrogen functional groups attached to an aromatic ring is 1. The molecular formula is C8H11N5O2S. The molecule has 1 aromatic heterocycles. The van der Waals surface area contributed by atoms with Gasteiger partial charge in [-0.15, -0.1) is 0 Å². The van der Waals surface area contributed by atoms with Crippen molar-refractivity contribution in [3.05, 3.63) is 16.4 Å². The van der Waals surface area contributed by atoms with Crippen LogP contribution in [0.15, 0.2) is 6.33 Å². The lowest BCUT2D eigenvalue weighted by Crippen LogP contribution is -2.33. The zero-order chi connectivity index (χ0) is 11.5. The highest BCUT2D eigenvalue weighted by Crippen LogP contribution is 2.30. The van der Waals surface area contributed by atoms with Gasteiger partial charge in [0.05, 0.1) is 4.92 Å². The molecule has 7 nitrogen and oxygen atoms in total. The predicted octanol–water partition coefficient (Wildman–Crippen LogP) is 0.520. The summed E-state index contributed by atoms with van der Waals surface area (Å²) in [7, 11) is 0. The second-order valence-corrected chi connectivity index (χ2v) is 4.51. The van der Waals surface area contributed by atoms with Crippen LogP contribution in [0.5, 0.6) is 0 Å². The summed E-state index contributed by atoms with van der Waals surface area (Å²) in [5, 5.41) is 10.9. The highest BCUT2D eigenvalue weighted by atomic mass is 32.2. The summed E-state index contributed by atoms with van der Waals surface area (Å²) in [5.41, 5.74) is 5.32. The van der Waals surface area contributed by atoms with Gasteiger partial charge in [-0.3, -0.25) is 10.1 Å². The molecule has 0 aromatic carbocycles. The Hall–Kier alpha value is -1.57. The zero-order valence-corrected chi connectivity index (χ0v) is 9.31. The minimum atomic E-state index is -0.521. The molecule has 1 saturated heterocycles. The van der Waals surface area contributed by atoms with Crippen LogP contribution in [0.3, 0.4) is 0 Å². The van der Waals surface area contributed by atoms with E-state index in [1.54, 1.807) is 0 Å². The fourth-order valence-electron chi connectivity index (χ4n) is 1.56. The van der Waals surface area contributed by atoms with E-state index in [0.717, 1.165) is 24.6 Å². The second kappa shape index (κ2) is 4.52.